The molecule has 29 heavy (non-hydrogen) atoms. The van der Waals surface area contributed by atoms with Gasteiger partial charge in [-0.2, -0.15) is 0 Å². The van der Waals surface area contributed by atoms with Gasteiger partial charge in [-0.15, -0.1) is 0 Å². The van der Waals surface area contributed by atoms with E-state index < -0.39 is 32.3 Å². The van der Waals surface area contributed by atoms with Crippen LogP contribution in [0.1, 0.15) is 21.5 Å². The smallest absolute Gasteiger partial charge is 0.405 e. The highest BCUT2D eigenvalue weighted by molar-refractivity contribution is 7.50. The summed E-state index contributed by atoms with van der Waals surface area (Å²) in [7, 11) is -2.80. The second-order valence-electron chi connectivity index (χ2n) is 6.63. The van der Waals surface area contributed by atoms with E-state index in [0.29, 0.717) is 6.42 Å². The topological polar surface area (TPSA) is 116 Å². The Hall–Kier alpha value is -2.51. The Labute approximate surface area is 169 Å². The molecule has 2 unspecified atom stereocenters. The number of carboxylic acid groups (broad SMARTS) is 1. The maximum Gasteiger partial charge on any atom is 0.405 e. The van der Waals surface area contributed by atoms with Gasteiger partial charge in [0.1, 0.15) is 0 Å². The van der Waals surface area contributed by atoms with Gasteiger partial charge in [-0.05, 0) is 38.1 Å². The lowest BCUT2D eigenvalue weighted by Gasteiger charge is -2.24. The number of rotatable bonds is 10. The van der Waals surface area contributed by atoms with Crippen LogP contribution in [0.2, 0.25) is 0 Å². The van der Waals surface area contributed by atoms with E-state index in [4.69, 9.17) is 4.52 Å². The molecule has 0 aromatic heterocycles. The van der Waals surface area contributed by atoms with Crippen molar-refractivity contribution >= 4 is 19.6 Å². The van der Waals surface area contributed by atoms with Crippen LogP contribution in [0, 0.1) is 6.92 Å². The normalized spacial score (nSPS) is 14.2. The Balaban J connectivity index is 1.92. The van der Waals surface area contributed by atoms with Gasteiger partial charge in [0, 0.05) is 12.1 Å². The number of hydrogen-bond acceptors (Lipinski definition) is 4. The van der Waals surface area contributed by atoms with Crippen LogP contribution in [0.25, 0.3) is 0 Å². The van der Waals surface area contributed by atoms with Crippen molar-refractivity contribution in [3.63, 3.8) is 0 Å². The fraction of sp³-hybridized carbons (Fsp3) is 0.300. The minimum Gasteiger partial charge on any atom is -0.480 e. The first-order valence-electron chi connectivity index (χ1n) is 9.02. The average molecular weight is 420 g/mol. The first-order chi connectivity index (χ1) is 13.7. The molecule has 2 aromatic carbocycles. The van der Waals surface area contributed by atoms with E-state index in [-0.39, 0.29) is 12.1 Å². The summed E-state index contributed by atoms with van der Waals surface area (Å²) in [6.07, 6.45) is 0.526. The minimum absolute atomic E-state index is 0.241. The predicted octanol–water partition coefficient (Wildman–Crippen LogP) is 2.47. The van der Waals surface area contributed by atoms with E-state index in [1.807, 2.05) is 37.3 Å². The molecule has 2 rings (SSSR count). The van der Waals surface area contributed by atoms with E-state index in [2.05, 4.69) is 5.32 Å². The zero-order valence-corrected chi connectivity index (χ0v) is 17.2. The van der Waals surface area contributed by atoms with Gasteiger partial charge in [-0.25, -0.2) is 14.0 Å². The quantitative estimate of drug-likeness (QED) is 0.506. The number of carbonyl (C=O) groups is 2. The Morgan fingerprint density at radius 2 is 1.76 bits per heavy atom. The molecule has 0 bridgehead atoms. The van der Waals surface area contributed by atoms with Crippen molar-refractivity contribution in [3.8, 4) is 0 Å². The van der Waals surface area contributed by atoms with Crippen molar-refractivity contribution < 1.29 is 28.7 Å². The van der Waals surface area contributed by atoms with Gasteiger partial charge in [0.25, 0.3) is 5.91 Å². The van der Waals surface area contributed by atoms with E-state index >= 15 is 0 Å². The summed E-state index contributed by atoms with van der Waals surface area (Å²) in [4.78, 5) is 33.8. The lowest BCUT2D eigenvalue weighted by Crippen LogP contribution is -2.44. The van der Waals surface area contributed by atoms with Crippen molar-refractivity contribution in [2.24, 2.45) is 0 Å². The number of amides is 1. The summed E-state index contributed by atoms with van der Waals surface area (Å²) in [6, 6.07) is 14.6. The first kappa shape index (κ1) is 22.8. The van der Waals surface area contributed by atoms with Crippen LogP contribution in [0.5, 0.6) is 0 Å². The van der Waals surface area contributed by atoms with Gasteiger partial charge < -0.3 is 15.3 Å². The van der Waals surface area contributed by atoms with Gasteiger partial charge in [-0.1, -0.05) is 48.0 Å². The van der Waals surface area contributed by atoms with Gasteiger partial charge >= 0.3 is 13.7 Å². The summed E-state index contributed by atoms with van der Waals surface area (Å²) >= 11 is 0. The molecule has 0 saturated carbocycles. The van der Waals surface area contributed by atoms with Crippen LogP contribution in [-0.2, 0) is 20.3 Å². The Morgan fingerprint density at radius 1 is 1.14 bits per heavy atom. The van der Waals surface area contributed by atoms with Crippen molar-refractivity contribution in [1.29, 1.82) is 0 Å². The molecule has 1 amide bonds. The Morgan fingerprint density at radius 3 is 2.34 bits per heavy atom. The van der Waals surface area contributed by atoms with Crippen LogP contribution < -0.4 is 5.32 Å². The second-order valence-corrected chi connectivity index (χ2v) is 8.56. The predicted molar refractivity (Wildman–Crippen MR) is 109 cm³/mol. The van der Waals surface area contributed by atoms with Crippen molar-refractivity contribution in [2.75, 3.05) is 20.2 Å². The molecule has 0 aliphatic carbocycles. The fourth-order valence-electron chi connectivity index (χ4n) is 2.45. The molecule has 9 heteroatoms. The maximum atomic E-state index is 12.4. The van der Waals surface area contributed by atoms with E-state index in [0.717, 1.165) is 15.8 Å². The average Bonchev–Trinajstić information content (AvgIpc) is 2.70. The van der Waals surface area contributed by atoms with Crippen molar-refractivity contribution in [3.05, 3.63) is 71.3 Å². The lowest BCUT2D eigenvalue weighted by molar-refractivity contribution is -0.140. The molecular formula is C20H25N2O6P. The van der Waals surface area contributed by atoms with Crippen LogP contribution >= 0.6 is 7.75 Å². The maximum absolute atomic E-state index is 12.4. The number of carbonyl (C=O) groups excluding carboxylic acids is 1. The molecule has 0 aliphatic rings. The van der Waals surface area contributed by atoms with Gasteiger partial charge in [0.05, 0.1) is 6.61 Å². The van der Waals surface area contributed by atoms with Crippen LogP contribution in [0.4, 0.5) is 0 Å². The van der Waals surface area contributed by atoms with Crippen LogP contribution in [0.15, 0.2) is 54.6 Å². The summed E-state index contributed by atoms with van der Waals surface area (Å²) < 4.78 is 18.5. The molecule has 0 spiro atoms. The molecule has 0 heterocycles. The van der Waals surface area contributed by atoms with Crippen LogP contribution in [0.3, 0.4) is 0 Å². The Kier molecular flexibility index (Phi) is 8.10. The van der Waals surface area contributed by atoms with E-state index in [1.54, 1.807) is 24.3 Å². The van der Waals surface area contributed by atoms with E-state index in [9.17, 15) is 24.2 Å². The van der Waals surface area contributed by atoms with Gasteiger partial charge in [0.2, 0.25) is 0 Å². The molecular weight excluding hydrogens is 395 g/mol. The number of nitrogens with one attached hydrogen (secondary N) is 1. The van der Waals surface area contributed by atoms with Crippen LogP contribution in [-0.4, -0.2) is 52.8 Å². The third-order valence-corrected chi connectivity index (χ3v) is 5.87. The number of likely N-dealkylation sites (N-methyl/N-ethyl adjacent to an activating group) is 1. The molecule has 3 N–H and O–H groups in total. The van der Waals surface area contributed by atoms with Crippen molar-refractivity contribution in [1.82, 2.24) is 9.99 Å². The second kappa shape index (κ2) is 10.3. The number of hydrogen-bond donors (Lipinski definition) is 3. The third-order valence-electron chi connectivity index (χ3n) is 4.32. The molecule has 0 saturated heterocycles. The number of nitrogens with zero attached hydrogens (tertiary/aromatic N) is 1. The molecule has 156 valence electrons. The highest BCUT2D eigenvalue weighted by Gasteiger charge is 2.30. The molecule has 0 aliphatic heterocycles. The number of carboxylic acids is 1. The monoisotopic (exact) mass is 420 g/mol. The Bertz CT molecular complexity index is 872. The summed E-state index contributed by atoms with van der Waals surface area (Å²) in [5.74, 6) is -1.97. The van der Waals surface area contributed by atoms with Gasteiger partial charge in [0.15, 0.2) is 6.04 Å². The highest BCUT2D eigenvalue weighted by Crippen LogP contribution is 2.45. The highest BCUT2D eigenvalue weighted by atomic mass is 31.2. The zero-order valence-electron chi connectivity index (χ0n) is 16.3. The molecule has 0 radical (unpaired) electrons. The first-order valence-corrected chi connectivity index (χ1v) is 10.6. The summed E-state index contributed by atoms with van der Waals surface area (Å²) in [5, 5.41) is 11.6. The molecule has 8 nitrogen and oxygen atoms in total. The minimum atomic E-state index is -4.22. The standard InChI is InChI=1S/C20H25N2O6P/c1-15-8-10-17(11-9-15)19(23)21-18(20(24)25)14-28-29(26,27)22(2)13-12-16-6-4-3-5-7-16/h3-11,18H,12-14H2,1-2H3,(H,21,23)(H,24,25)(H,26,27). The fourth-order valence-corrected chi connectivity index (χ4v) is 3.35. The molecule has 0 fully saturated rings. The SMILES string of the molecule is Cc1ccc(C(=O)NC(COP(=O)(O)N(C)CCc2ccccc2)C(=O)O)cc1. The summed E-state index contributed by atoms with van der Waals surface area (Å²) in [5.41, 5.74) is 2.24. The number of benzene rings is 2. The van der Waals surface area contributed by atoms with Gasteiger partial charge in [-0.3, -0.25) is 9.32 Å². The largest absolute Gasteiger partial charge is 0.480 e. The van der Waals surface area contributed by atoms with Crippen molar-refractivity contribution in [2.45, 2.75) is 19.4 Å². The number of aliphatic carboxylic acids is 1. The number of aryl methyl sites for hydroxylation is 1. The summed E-state index contributed by atoms with van der Waals surface area (Å²) in [6.45, 7) is 1.46. The molecule has 2 atom stereocenters. The van der Waals surface area contributed by atoms with E-state index in [1.165, 1.54) is 7.05 Å². The zero-order chi connectivity index (χ0) is 21.4. The molecule has 2 aromatic rings. The third kappa shape index (κ3) is 7.11. The lowest BCUT2D eigenvalue weighted by atomic mass is 10.1.